The van der Waals surface area contributed by atoms with E-state index in [1.54, 1.807) is 11.3 Å². The second-order valence-electron chi connectivity index (χ2n) is 5.22. The van der Waals surface area contributed by atoms with E-state index in [1.165, 1.54) is 5.01 Å². The summed E-state index contributed by atoms with van der Waals surface area (Å²) in [6.07, 6.45) is 4.36. The first-order valence-corrected chi connectivity index (χ1v) is 7.90. The maximum atomic E-state index is 5.79. The number of nitrogens with one attached hydrogen (secondary N) is 1. The highest BCUT2D eigenvalue weighted by atomic mass is 32.1. The van der Waals surface area contributed by atoms with Crippen LogP contribution in [0.2, 0.25) is 0 Å². The number of aromatic nitrogens is 1. The van der Waals surface area contributed by atoms with Crippen molar-refractivity contribution in [1.82, 2.24) is 10.3 Å². The van der Waals surface area contributed by atoms with Gasteiger partial charge in [0.1, 0.15) is 0 Å². The van der Waals surface area contributed by atoms with Crippen LogP contribution in [0.25, 0.3) is 0 Å². The molecule has 1 heterocycles. The summed E-state index contributed by atoms with van der Waals surface area (Å²) in [6.45, 7) is 8.15. The number of hydrogen-bond acceptors (Lipinski definition) is 3. The molecule has 3 N–H and O–H groups in total. The lowest BCUT2D eigenvalue weighted by atomic mass is 10.1. The van der Waals surface area contributed by atoms with Crippen LogP contribution in [-0.4, -0.2) is 24.0 Å². The Balaban J connectivity index is 2.05. The molecule has 4 nitrogen and oxygen atoms in total. The van der Waals surface area contributed by atoms with Gasteiger partial charge in [0.15, 0.2) is 5.96 Å². The maximum absolute atomic E-state index is 5.79. The highest BCUT2D eigenvalue weighted by Gasteiger charge is 1.98. The predicted octanol–water partition coefficient (Wildman–Crippen LogP) is 2.72. The number of hydrogen-bond donors (Lipinski definition) is 2. The van der Waals surface area contributed by atoms with Gasteiger partial charge in [0.25, 0.3) is 0 Å². The van der Waals surface area contributed by atoms with Gasteiger partial charge >= 0.3 is 0 Å². The molecule has 0 aliphatic heterocycles. The molecule has 0 atom stereocenters. The number of aryl methyl sites for hydroxylation is 2. The van der Waals surface area contributed by atoms with Crippen LogP contribution >= 0.6 is 11.3 Å². The first-order chi connectivity index (χ1) is 9.08. The van der Waals surface area contributed by atoms with Crippen molar-refractivity contribution in [3.8, 4) is 0 Å². The van der Waals surface area contributed by atoms with Gasteiger partial charge < -0.3 is 11.1 Å². The molecule has 1 aromatic heterocycles. The quantitative estimate of drug-likeness (QED) is 0.438. The van der Waals surface area contributed by atoms with Crippen LogP contribution in [0.5, 0.6) is 0 Å². The normalized spacial score (nSPS) is 12.1. The summed E-state index contributed by atoms with van der Waals surface area (Å²) in [5.41, 5.74) is 6.91. The number of guanidine groups is 1. The van der Waals surface area contributed by atoms with Crippen LogP contribution in [0.3, 0.4) is 0 Å². The minimum Gasteiger partial charge on any atom is -0.370 e. The maximum Gasteiger partial charge on any atom is 0.188 e. The summed E-state index contributed by atoms with van der Waals surface area (Å²) in [4.78, 5) is 8.77. The summed E-state index contributed by atoms with van der Waals surface area (Å²) >= 11 is 1.74. The molecule has 0 aliphatic carbocycles. The predicted molar refractivity (Wildman–Crippen MR) is 83.7 cm³/mol. The SMILES string of the molecule is Cc1csc(CCCCN=C(N)NCCC(C)C)n1. The fourth-order valence-electron chi connectivity index (χ4n) is 1.65. The highest BCUT2D eigenvalue weighted by molar-refractivity contribution is 7.09. The van der Waals surface area contributed by atoms with Crippen molar-refractivity contribution in [2.75, 3.05) is 13.1 Å². The molecule has 0 aromatic carbocycles. The van der Waals surface area contributed by atoms with Crippen LogP contribution in [-0.2, 0) is 6.42 Å². The highest BCUT2D eigenvalue weighted by Crippen LogP contribution is 2.11. The molecule has 1 rings (SSSR count). The lowest BCUT2D eigenvalue weighted by Crippen LogP contribution is -2.33. The standard InChI is InChI=1S/C14H26N4S/c1-11(2)7-9-17-14(15)16-8-5-4-6-13-18-12(3)10-19-13/h10-11H,4-9H2,1-3H3,(H3,15,16,17). The Kier molecular flexibility index (Phi) is 7.48. The first kappa shape index (κ1) is 16.0. The van der Waals surface area contributed by atoms with E-state index in [0.717, 1.165) is 44.5 Å². The summed E-state index contributed by atoms with van der Waals surface area (Å²) in [6, 6.07) is 0. The molecule has 0 saturated heterocycles. The number of unbranched alkanes of at least 4 members (excludes halogenated alkanes) is 1. The van der Waals surface area contributed by atoms with Gasteiger partial charge in [0, 0.05) is 24.2 Å². The Bertz CT molecular complexity index is 385. The van der Waals surface area contributed by atoms with Gasteiger partial charge in [-0.05, 0) is 38.5 Å². The van der Waals surface area contributed by atoms with Gasteiger partial charge in [-0.2, -0.15) is 0 Å². The fourth-order valence-corrected chi connectivity index (χ4v) is 2.47. The average molecular weight is 282 g/mol. The van der Waals surface area contributed by atoms with E-state index in [-0.39, 0.29) is 0 Å². The van der Waals surface area contributed by atoms with E-state index in [2.05, 4.69) is 34.5 Å². The van der Waals surface area contributed by atoms with Crippen molar-refractivity contribution < 1.29 is 0 Å². The molecule has 0 aliphatic rings. The lowest BCUT2D eigenvalue weighted by molar-refractivity contribution is 0.576. The molecule has 0 amide bonds. The molecule has 19 heavy (non-hydrogen) atoms. The van der Waals surface area contributed by atoms with Crippen LogP contribution in [0, 0.1) is 12.8 Å². The van der Waals surface area contributed by atoms with Crippen molar-refractivity contribution in [3.05, 3.63) is 16.1 Å². The van der Waals surface area contributed by atoms with Crippen molar-refractivity contribution >= 4 is 17.3 Å². The monoisotopic (exact) mass is 282 g/mol. The van der Waals surface area contributed by atoms with Crippen LogP contribution in [0.15, 0.2) is 10.4 Å². The largest absolute Gasteiger partial charge is 0.370 e. The molecule has 5 heteroatoms. The van der Waals surface area contributed by atoms with E-state index in [9.17, 15) is 0 Å². The molecular weight excluding hydrogens is 256 g/mol. The molecule has 0 saturated carbocycles. The number of nitrogens with zero attached hydrogens (tertiary/aromatic N) is 2. The second-order valence-corrected chi connectivity index (χ2v) is 6.16. The Hall–Kier alpha value is -1.10. The van der Waals surface area contributed by atoms with E-state index >= 15 is 0 Å². The second kappa shape index (κ2) is 8.91. The molecular formula is C14H26N4S. The Morgan fingerprint density at radius 2 is 2.26 bits per heavy atom. The van der Waals surface area contributed by atoms with Crippen molar-refractivity contribution in [2.45, 2.75) is 46.5 Å². The number of aliphatic imine (C=N–C) groups is 1. The van der Waals surface area contributed by atoms with E-state index < -0.39 is 0 Å². The molecule has 0 radical (unpaired) electrons. The number of rotatable bonds is 8. The number of nitrogens with two attached hydrogens (primary N) is 1. The summed E-state index contributed by atoms with van der Waals surface area (Å²) in [7, 11) is 0. The zero-order valence-corrected chi connectivity index (χ0v) is 13.1. The van der Waals surface area contributed by atoms with Gasteiger partial charge in [-0.15, -0.1) is 11.3 Å². The third kappa shape index (κ3) is 7.82. The summed E-state index contributed by atoms with van der Waals surface area (Å²) in [5.74, 6) is 1.27. The Morgan fingerprint density at radius 3 is 2.89 bits per heavy atom. The van der Waals surface area contributed by atoms with Crippen molar-refractivity contribution in [1.29, 1.82) is 0 Å². The third-order valence-electron chi connectivity index (χ3n) is 2.78. The van der Waals surface area contributed by atoms with Gasteiger partial charge in [-0.1, -0.05) is 13.8 Å². The lowest BCUT2D eigenvalue weighted by Gasteiger charge is -2.07. The fraction of sp³-hybridized carbons (Fsp3) is 0.714. The summed E-state index contributed by atoms with van der Waals surface area (Å²) < 4.78 is 0. The van der Waals surface area contributed by atoms with Gasteiger partial charge in [0.05, 0.1) is 5.01 Å². The zero-order valence-electron chi connectivity index (χ0n) is 12.3. The molecule has 0 bridgehead atoms. The number of thiazole rings is 1. The smallest absolute Gasteiger partial charge is 0.188 e. The third-order valence-corrected chi connectivity index (χ3v) is 3.80. The van der Waals surface area contributed by atoms with E-state index in [1.807, 2.05) is 6.92 Å². The Morgan fingerprint density at radius 1 is 1.47 bits per heavy atom. The van der Waals surface area contributed by atoms with Gasteiger partial charge in [0.2, 0.25) is 0 Å². The first-order valence-electron chi connectivity index (χ1n) is 7.02. The van der Waals surface area contributed by atoms with E-state index in [4.69, 9.17) is 5.73 Å². The zero-order chi connectivity index (χ0) is 14.1. The molecule has 0 spiro atoms. The topological polar surface area (TPSA) is 63.3 Å². The van der Waals surface area contributed by atoms with Crippen LogP contribution in [0.4, 0.5) is 0 Å². The molecule has 108 valence electrons. The average Bonchev–Trinajstić information content (AvgIpc) is 2.74. The van der Waals surface area contributed by atoms with Gasteiger partial charge in [-0.25, -0.2) is 4.98 Å². The molecule has 0 unspecified atom stereocenters. The Labute approximate surface area is 120 Å². The molecule has 0 fully saturated rings. The van der Waals surface area contributed by atoms with Crippen molar-refractivity contribution in [3.63, 3.8) is 0 Å². The van der Waals surface area contributed by atoms with Crippen LogP contribution in [0.1, 0.15) is 43.8 Å². The van der Waals surface area contributed by atoms with Gasteiger partial charge in [-0.3, -0.25) is 4.99 Å². The van der Waals surface area contributed by atoms with Crippen LogP contribution < -0.4 is 11.1 Å². The summed E-state index contributed by atoms with van der Waals surface area (Å²) in [5, 5.41) is 6.47. The molecule has 1 aromatic rings. The minimum atomic E-state index is 0.575. The van der Waals surface area contributed by atoms with E-state index in [0.29, 0.717) is 11.9 Å². The van der Waals surface area contributed by atoms with Crippen molar-refractivity contribution in [2.24, 2.45) is 16.6 Å². The minimum absolute atomic E-state index is 0.575.